The van der Waals surface area contributed by atoms with E-state index in [-0.39, 0.29) is 30.0 Å². The molecule has 3 rings (SSSR count). The Bertz CT molecular complexity index is 971. The van der Waals surface area contributed by atoms with Gasteiger partial charge < -0.3 is 4.74 Å². The first-order valence-electron chi connectivity index (χ1n) is 10.2. The first-order valence-corrected chi connectivity index (χ1v) is 10.2. The van der Waals surface area contributed by atoms with E-state index in [0.29, 0.717) is 23.0 Å². The van der Waals surface area contributed by atoms with Crippen molar-refractivity contribution in [2.45, 2.75) is 57.1 Å². The molecule has 9 heteroatoms. The Balaban J connectivity index is 1.67. The summed E-state index contributed by atoms with van der Waals surface area (Å²) in [6, 6.07) is 7.93. The molecule has 1 aliphatic carbocycles. The minimum atomic E-state index is -3.03. The summed E-state index contributed by atoms with van der Waals surface area (Å²) in [6.07, 6.45) is 3.85. The second-order valence-electron chi connectivity index (χ2n) is 8.04. The predicted octanol–water partition coefficient (Wildman–Crippen LogP) is 4.79. The molecule has 168 valence electrons. The molecule has 0 aliphatic heterocycles. The monoisotopic (exact) mass is 438 g/mol. The van der Waals surface area contributed by atoms with Crippen molar-refractivity contribution >= 4 is 0 Å². The highest BCUT2D eigenvalue weighted by atomic mass is 19.3. The molecule has 0 radical (unpaired) electrons. The van der Waals surface area contributed by atoms with Crippen LogP contribution in [0.5, 0.6) is 0 Å². The van der Waals surface area contributed by atoms with Gasteiger partial charge in [-0.05, 0) is 67.9 Å². The molecule has 1 unspecified atom stereocenters. The van der Waals surface area contributed by atoms with Gasteiger partial charge in [0, 0.05) is 16.7 Å². The summed E-state index contributed by atoms with van der Waals surface area (Å²) in [5.74, 6) is -0.973. The van der Waals surface area contributed by atoms with E-state index in [4.69, 9.17) is 4.74 Å². The van der Waals surface area contributed by atoms with E-state index < -0.39 is 29.5 Å². The highest BCUT2D eigenvalue weighted by Crippen LogP contribution is 2.34. The number of aromatic nitrogens is 1. The van der Waals surface area contributed by atoms with Gasteiger partial charge >= 0.3 is 6.55 Å². The van der Waals surface area contributed by atoms with Crippen molar-refractivity contribution in [3.05, 3.63) is 79.5 Å². The van der Waals surface area contributed by atoms with Gasteiger partial charge in [-0.15, -0.1) is 0 Å². The molecule has 0 spiro atoms. The zero-order valence-electron chi connectivity index (χ0n) is 17.2. The minimum absolute atomic E-state index is 0.0366. The van der Waals surface area contributed by atoms with Crippen LogP contribution in [0.2, 0.25) is 0 Å². The number of nitro groups is 1. The molecule has 1 aromatic carbocycles. The summed E-state index contributed by atoms with van der Waals surface area (Å²) in [5, 5.41) is 11.1. The van der Waals surface area contributed by atoms with Crippen molar-refractivity contribution < 1.29 is 22.8 Å². The summed E-state index contributed by atoms with van der Waals surface area (Å²) >= 11 is 0. The highest BCUT2D eigenvalue weighted by molar-refractivity contribution is 5.23. The molecule has 1 heterocycles. The molecule has 1 saturated carbocycles. The molecule has 31 heavy (non-hydrogen) atoms. The second kappa shape index (κ2) is 10.1. The van der Waals surface area contributed by atoms with Gasteiger partial charge in [0.15, 0.2) is 0 Å². The number of pyridine rings is 1. The Kier molecular flexibility index (Phi) is 7.48. The van der Waals surface area contributed by atoms with Gasteiger partial charge in [-0.2, -0.15) is 8.78 Å². The van der Waals surface area contributed by atoms with Gasteiger partial charge in [0.1, 0.15) is 5.82 Å². The second-order valence-corrected chi connectivity index (χ2v) is 8.04. The summed E-state index contributed by atoms with van der Waals surface area (Å²) in [6.45, 7) is -2.15. The maximum atomic E-state index is 13.5. The summed E-state index contributed by atoms with van der Waals surface area (Å²) < 4.78 is 46.0. The third-order valence-corrected chi connectivity index (χ3v) is 5.75. The number of aryl methyl sites for hydroxylation is 1. The van der Waals surface area contributed by atoms with E-state index in [2.05, 4.69) is 0 Å². The van der Waals surface area contributed by atoms with Crippen LogP contribution >= 0.6 is 0 Å². The molecule has 6 nitrogen and oxygen atoms in total. The SMILES string of the molecule is Cc1cc(C(COC2CCC(c3cccc(F)c3)CC2)C[N+](=O)[O-])c(=O)n(C(F)F)c1. The van der Waals surface area contributed by atoms with E-state index in [1.807, 2.05) is 6.07 Å². The normalized spacial score (nSPS) is 20.0. The zero-order chi connectivity index (χ0) is 22.5. The molecule has 0 bridgehead atoms. The van der Waals surface area contributed by atoms with Crippen molar-refractivity contribution in [2.24, 2.45) is 0 Å². The van der Waals surface area contributed by atoms with Gasteiger partial charge in [0.05, 0.1) is 18.6 Å². The van der Waals surface area contributed by atoms with Gasteiger partial charge in [-0.25, -0.2) is 4.39 Å². The molecule has 1 fully saturated rings. The number of hydrogen-bond acceptors (Lipinski definition) is 4. The lowest BCUT2D eigenvalue weighted by molar-refractivity contribution is -0.484. The minimum Gasteiger partial charge on any atom is -0.377 e. The maximum Gasteiger partial charge on any atom is 0.321 e. The van der Waals surface area contributed by atoms with Crippen molar-refractivity contribution in [2.75, 3.05) is 13.2 Å². The Morgan fingerprint density at radius 2 is 1.94 bits per heavy atom. The molecule has 1 atom stereocenters. The van der Waals surface area contributed by atoms with Crippen LogP contribution in [0.25, 0.3) is 0 Å². The Labute approximate surface area is 177 Å². The fraction of sp³-hybridized carbons (Fsp3) is 0.500. The fourth-order valence-electron chi connectivity index (χ4n) is 4.21. The van der Waals surface area contributed by atoms with Crippen LogP contribution in [-0.2, 0) is 4.74 Å². The number of nitrogens with zero attached hydrogens (tertiary/aromatic N) is 2. The number of benzene rings is 1. The molecule has 0 amide bonds. The van der Waals surface area contributed by atoms with Crippen LogP contribution in [0.3, 0.4) is 0 Å². The summed E-state index contributed by atoms with van der Waals surface area (Å²) in [4.78, 5) is 23.0. The number of ether oxygens (including phenoxy) is 1. The van der Waals surface area contributed by atoms with Crippen LogP contribution in [-0.4, -0.2) is 28.7 Å². The molecular formula is C22H25F3N2O4. The third kappa shape index (κ3) is 5.94. The van der Waals surface area contributed by atoms with E-state index in [1.54, 1.807) is 13.0 Å². The van der Waals surface area contributed by atoms with Crippen LogP contribution < -0.4 is 5.56 Å². The average Bonchev–Trinajstić information content (AvgIpc) is 2.72. The molecular weight excluding hydrogens is 413 g/mol. The number of rotatable bonds is 8. The van der Waals surface area contributed by atoms with Gasteiger partial charge in [-0.3, -0.25) is 19.5 Å². The molecule has 2 aromatic rings. The Morgan fingerprint density at radius 3 is 2.55 bits per heavy atom. The molecule has 1 aliphatic rings. The fourth-order valence-corrected chi connectivity index (χ4v) is 4.21. The van der Waals surface area contributed by atoms with E-state index in [9.17, 15) is 28.1 Å². The highest BCUT2D eigenvalue weighted by Gasteiger charge is 2.28. The van der Waals surface area contributed by atoms with Crippen molar-refractivity contribution in [1.82, 2.24) is 4.57 Å². The topological polar surface area (TPSA) is 74.4 Å². The van der Waals surface area contributed by atoms with Gasteiger partial charge in [-0.1, -0.05) is 12.1 Å². The average molecular weight is 438 g/mol. The van der Waals surface area contributed by atoms with Crippen LogP contribution in [0.4, 0.5) is 13.2 Å². The van der Waals surface area contributed by atoms with Crippen LogP contribution in [0.1, 0.15) is 60.8 Å². The number of alkyl halides is 2. The van der Waals surface area contributed by atoms with Crippen molar-refractivity contribution in [1.29, 1.82) is 0 Å². The van der Waals surface area contributed by atoms with Gasteiger partial charge in [0.2, 0.25) is 6.54 Å². The number of halogens is 3. The third-order valence-electron chi connectivity index (χ3n) is 5.75. The van der Waals surface area contributed by atoms with Crippen molar-refractivity contribution in [3.63, 3.8) is 0 Å². The lowest BCUT2D eigenvalue weighted by Gasteiger charge is -2.29. The summed E-state index contributed by atoms with van der Waals surface area (Å²) in [7, 11) is 0. The van der Waals surface area contributed by atoms with E-state index in [1.165, 1.54) is 18.2 Å². The number of hydrogen-bond donors (Lipinski definition) is 0. The predicted molar refractivity (Wildman–Crippen MR) is 109 cm³/mol. The van der Waals surface area contributed by atoms with Crippen LogP contribution in [0, 0.1) is 22.9 Å². The lowest BCUT2D eigenvalue weighted by Crippen LogP contribution is -2.32. The van der Waals surface area contributed by atoms with Gasteiger partial charge in [0.25, 0.3) is 5.56 Å². The quantitative estimate of drug-likeness (QED) is 0.439. The zero-order valence-corrected chi connectivity index (χ0v) is 17.2. The van der Waals surface area contributed by atoms with Crippen LogP contribution in [0.15, 0.2) is 41.3 Å². The summed E-state index contributed by atoms with van der Waals surface area (Å²) in [5.41, 5.74) is 0.382. The Morgan fingerprint density at radius 1 is 1.23 bits per heavy atom. The van der Waals surface area contributed by atoms with Crippen molar-refractivity contribution in [3.8, 4) is 0 Å². The first-order chi connectivity index (χ1) is 14.7. The largest absolute Gasteiger partial charge is 0.377 e. The molecule has 0 saturated heterocycles. The smallest absolute Gasteiger partial charge is 0.321 e. The van der Waals surface area contributed by atoms with E-state index in [0.717, 1.165) is 24.6 Å². The maximum absolute atomic E-state index is 13.5. The van der Waals surface area contributed by atoms with E-state index >= 15 is 0 Å². The lowest BCUT2D eigenvalue weighted by atomic mass is 9.82. The Hall–Kier alpha value is -2.68. The first kappa shape index (κ1) is 23.0. The molecule has 0 N–H and O–H groups in total. The molecule has 1 aromatic heterocycles. The standard InChI is InChI=1S/C22H25F3N2O4/c1-14-9-20(21(28)26(11-14)22(24)25)17(12-27(29)30)13-31-19-7-5-15(6-8-19)16-3-2-4-18(23)10-16/h2-4,9-11,15,17,19,22H,5-8,12-13H2,1H3.